The van der Waals surface area contributed by atoms with E-state index < -0.39 is 0 Å². The first kappa shape index (κ1) is 19.2. The first-order chi connectivity index (χ1) is 11.8. The highest BCUT2D eigenvalue weighted by molar-refractivity contribution is 5.42. The summed E-state index contributed by atoms with van der Waals surface area (Å²) in [6.07, 6.45) is 7.00. The quantitative estimate of drug-likeness (QED) is 0.623. The van der Waals surface area contributed by atoms with E-state index in [0.717, 1.165) is 12.8 Å². The van der Waals surface area contributed by atoms with Gasteiger partial charge in [-0.15, -0.1) is 13.2 Å². The van der Waals surface area contributed by atoms with Crippen LogP contribution in [0.25, 0.3) is 0 Å². The van der Waals surface area contributed by atoms with Gasteiger partial charge in [-0.05, 0) is 47.0 Å². The lowest BCUT2D eigenvalue weighted by atomic mass is 9.82. The van der Waals surface area contributed by atoms with Gasteiger partial charge in [-0.3, -0.25) is 5.43 Å². The molecule has 0 spiro atoms. The Hall–Kier alpha value is -2.15. The average molecular weight is 345 g/mol. The highest BCUT2D eigenvalue weighted by Crippen LogP contribution is 2.37. The van der Waals surface area contributed by atoms with Gasteiger partial charge in [0.2, 0.25) is 17.8 Å². The maximum absolute atomic E-state index is 4.50. The number of aromatic nitrogens is 3. The molecule has 1 saturated heterocycles. The first-order valence-electron chi connectivity index (χ1n) is 8.81. The third-order valence-corrected chi connectivity index (χ3v) is 4.44. The van der Waals surface area contributed by atoms with Gasteiger partial charge in [0, 0.05) is 24.2 Å². The molecule has 1 fully saturated rings. The van der Waals surface area contributed by atoms with Crippen LogP contribution in [0.4, 0.5) is 17.8 Å². The normalized spacial score (nSPS) is 19.0. The van der Waals surface area contributed by atoms with Gasteiger partial charge in [0.25, 0.3) is 0 Å². The molecule has 0 amide bonds. The van der Waals surface area contributed by atoms with Gasteiger partial charge in [0.1, 0.15) is 0 Å². The van der Waals surface area contributed by atoms with E-state index in [1.54, 1.807) is 12.2 Å². The number of hydrogen-bond donors (Lipinski definition) is 3. The van der Waals surface area contributed by atoms with Gasteiger partial charge < -0.3 is 10.6 Å². The van der Waals surface area contributed by atoms with Gasteiger partial charge >= 0.3 is 0 Å². The van der Waals surface area contributed by atoms with Gasteiger partial charge in [-0.2, -0.15) is 15.0 Å². The molecule has 25 heavy (non-hydrogen) atoms. The zero-order valence-corrected chi connectivity index (χ0v) is 15.9. The average Bonchev–Trinajstić information content (AvgIpc) is 2.54. The molecule has 3 N–H and O–H groups in total. The number of anilines is 3. The Morgan fingerprint density at radius 3 is 1.76 bits per heavy atom. The fourth-order valence-corrected chi connectivity index (χ4v) is 3.31. The number of hydrazine groups is 1. The second-order valence-corrected chi connectivity index (χ2v) is 7.57. The monoisotopic (exact) mass is 345 g/mol. The Kier molecular flexibility index (Phi) is 6.00. The van der Waals surface area contributed by atoms with Crippen LogP contribution in [0.15, 0.2) is 25.3 Å². The molecule has 0 saturated carbocycles. The van der Waals surface area contributed by atoms with Crippen LogP contribution in [0.2, 0.25) is 0 Å². The lowest BCUT2D eigenvalue weighted by Crippen LogP contribution is -2.61. The molecule has 0 aliphatic carbocycles. The van der Waals surface area contributed by atoms with E-state index in [1.165, 1.54) is 6.42 Å². The molecular formula is C18H31N7. The smallest absolute Gasteiger partial charge is 0.244 e. The lowest BCUT2D eigenvalue weighted by molar-refractivity contribution is -0.00400. The predicted molar refractivity (Wildman–Crippen MR) is 105 cm³/mol. The number of hydrogen-bond acceptors (Lipinski definition) is 7. The van der Waals surface area contributed by atoms with E-state index >= 15 is 0 Å². The Morgan fingerprint density at radius 2 is 1.32 bits per heavy atom. The minimum atomic E-state index is 0.0117. The van der Waals surface area contributed by atoms with Crippen molar-refractivity contribution in [2.45, 2.75) is 58.0 Å². The SMILES string of the molecule is C=CCNc1nc(NCC=C)nc(NN2C(C)(C)CCCC2(C)C)n1. The maximum atomic E-state index is 4.50. The highest BCUT2D eigenvalue weighted by Gasteiger charge is 2.42. The van der Waals surface area contributed by atoms with Crippen LogP contribution in [-0.2, 0) is 0 Å². The number of nitrogens with zero attached hydrogens (tertiary/aromatic N) is 4. The van der Waals surface area contributed by atoms with Crippen LogP contribution in [0, 0.1) is 0 Å². The van der Waals surface area contributed by atoms with Crippen molar-refractivity contribution in [1.82, 2.24) is 20.0 Å². The number of piperidine rings is 1. The van der Waals surface area contributed by atoms with Crippen LogP contribution in [-0.4, -0.2) is 44.1 Å². The highest BCUT2D eigenvalue weighted by atomic mass is 15.6. The van der Waals surface area contributed by atoms with Gasteiger partial charge in [-0.25, -0.2) is 5.01 Å². The minimum Gasteiger partial charge on any atom is -0.351 e. The van der Waals surface area contributed by atoms with Crippen LogP contribution in [0.5, 0.6) is 0 Å². The molecule has 2 heterocycles. The van der Waals surface area contributed by atoms with Crippen molar-refractivity contribution in [2.75, 3.05) is 29.1 Å². The third-order valence-electron chi connectivity index (χ3n) is 4.44. The van der Waals surface area contributed by atoms with Crippen molar-refractivity contribution in [2.24, 2.45) is 0 Å². The van der Waals surface area contributed by atoms with E-state index in [-0.39, 0.29) is 11.1 Å². The molecule has 1 aliphatic rings. The molecule has 0 unspecified atom stereocenters. The molecule has 0 bridgehead atoms. The van der Waals surface area contributed by atoms with E-state index in [0.29, 0.717) is 30.9 Å². The summed E-state index contributed by atoms with van der Waals surface area (Å²) in [7, 11) is 0. The Labute approximate surface area is 151 Å². The van der Waals surface area contributed by atoms with Gasteiger partial charge in [0.05, 0.1) is 0 Å². The molecule has 1 aliphatic heterocycles. The summed E-state index contributed by atoms with van der Waals surface area (Å²) >= 11 is 0. The summed E-state index contributed by atoms with van der Waals surface area (Å²) in [4.78, 5) is 13.4. The molecule has 7 heteroatoms. The standard InChI is InChI=1S/C18H31N7/c1-7-12-19-14-21-15(20-13-8-2)23-16(22-14)24-25-17(3,4)10-9-11-18(25,5)6/h7-8H,1-2,9-13H2,3-6H3,(H3,19,20,21,22,23,24). The molecule has 7 nitrogen and oxygen atoms in total. The fraction of sp³-hybridized carbons (Fsp3) is 0.611. The minimum absolute atomic E-state index is 0.0117. The van der Waals surface area contributed by atoms with Crippen molar-refractivity contribution in [1.29, 1.82) is 0 Å². The van der Waals surface area contributed by atoms with E-state index in [4.69, 9.17) is 0 Å². The Bertz CT molecular complexity index is 563. The molecule has 0 atom stereocenters. The second-order valence-electron chi connectivity index (χ2n) is 7.57. The lowest BCUT2D eigenvalue weighted by Gasteiger charge is -2.52. The Morgan fingerprint density at radius 1 is 0.880 bits per heavy atom. The summed E-state index contributed by atoms with van der Waals surface area (Å²) in [5.41, 5.74) is 3.46. The van der Waals surface area contributed by atoms with E-state index in [1.807, 2.05) is 0 Å². The largest absolute Gasteiger partial charge is 0.351 e. The molecule has 0 aromatic carbocycles. The molecule has 1 aromatic heterocycles. The number of rotatable bonds is 8. The molecule has 0 radical (unpaired) electrons. The summed E-state index contributed by atoms with van der Waals surface area (Å²) < 4.78 is 0. The van der Waals surface area contributed by atoms with E-state index in [2.05, 4.69) is 76.9 Å². The topological polar surface area (TPSA) is 78.0 Å². The van der Waals surface area contributed by atoms with Crippen LogP contribution in [0.1, 0.15) is 47.0 Å². The van der Waals surface area contributed by atoms with Crippen LogP contribution >= 0.6 is 0 Å². The van der Waals surface area contributed by atoms with Crippen LogP contribution < -0.4 is 16.1 Å². The second kappa shape index (κ2) is 7.82. The fourth-order valence-electron chi connectivity index (χ4n) is 3.31. The van der Waals surface area contributed by atoms with Crippen molar-refractivity contribution in [3.05, 3.63) is 25.3 Å². The van der Waals surface area contributed by atoms with Crippen LogP contribution in [0.3, 0.4) is 0 Å². The van der Waals surface area contributed by atoms with Gasteiger partial charge in [0.15, 0.2) is 0 Å². The number of nitrogens with one attached hydrogen (secondary N) is 3. The molecule has 138 valence electrons. The first-order valence-corrected chi connectivity index (χ1v) is 8.81. The van der Waals surface area contributed by atoms with Crippen molar-refractivity contribution in [3.63, 3.8) is 0 Å². The molecule has 2 rings (SSSR count). The Balaban J connectivity index is 2.29. The predicted octanol–water partition coefficient (Wildman–Crippen LogP) is 3.44. The van der Waals surface area contributed by atoms with Crippen molar-refractivity contribution in [3.8, 4) is 0 Å². The summed E-state index contributed by atoms with van der Waals surface area (Å²) in [6.45, 7) is 17.6. The van der Waals surface area contributed by atoms with Crippen molar-refractivity contribution >= 4 is 17.8 Å². The van der Waals surface area contributed by atoms with E-state index in [9.17, 15) is 0 Å². The third kappa shape index (κ3) is 4.92. The summed E-state index contributed by atoms with van der Waals surface area (Å²) in [5.74, 6) is 1.55. The maximum Gasteiger partial charge on any atom is 0.244 e. The zero-order valence-electron chi connectivity index (χ0n) is 15.9. The van der Waals surface area contributed by atoms with Gasteiger partial charge in [-0.1, -0.05) is 12.2 Å². The zero-order chi connectivity index (χ0) is 18.5. The summed E-state index contributed by atoms with van der Waals surface area (Å²) in [5, 5.41) is 8.52. The van der Waals surface area contributed by atoms with Crippen molar-refractivity contribution < 1.29 is 0 Å². The molecule has 1 aromatic rings. The molecular weight excluding hydrogens is 314 g/mol. The summed E-state index contributed by atoms with van der Waals surface area (Å²) in [6, 6.07) is 0.